The highest BCUT2D eigenvalue weighted by molar-refractivity contribution is 7.80. The van der Waals surface area contributed by atoms with Crippen molar-refractivity contribution in [3.05, 3.63) is 29.6 Å². The van der Waals surface area contributed by atoms with E-state index in [1.54, 1.807) is 24.1 Å². The minimum absolute atomic E-state index is 0.0286. The minimum atomic E-state index is -0.433. The number of rotatable bonds is 3. The number of anilines is 1. The Bertz CT molecular complexity index is 521. The molecule has 1 aliphatic heterocycles. The first-order chi connectivity index (χ1) is 8.99. The van der Waals surface area contributed by atoms with Gasteiger partial charge in [-0.2, -0.15) is 0 Å². The van der Waals surface area contributed by atoms with E-state index in [2.05, 4.69) is 5.32 Å². The first kappa shape index (κ1) is 13.7. The summed E-state index contributed by atoms with van der Waals surface area (Å²) in [7, 11) is 1.76. The third kappa shape index (κ3) is 3.01. The molecule has 1 unspecified atom stereocenters. The van der Waals surface area contributed by atoms with Gasteiger partial charge in [-0.15, -0.1) is 0 Å². The Morgan fingerprint density at radius 3 is 2.95 bits per heavy atom. The van der Waals surface area contributed by atoms with Gasteiger partial charge in [-0.3, -0.25) is 4.79 Å². The number of nitrogens with two attached hydrogens (primary N) is 1. The number of piperidine rings is 1. The molecule has 2 rings (SSSR count). The standard InChI is InChI=1S/C13H16FN3OS/c1-17-7-8(5-6-11(17)18)16-10-4-2-3-9(14)12(10)13(15)19/h2-4,8,16H,5-7H2,1H3,(H2,15,19). The highest BCUT2D eigenvalue weighted by Crippen LogP contribution is 2.22. The zero-order valence-corrected chi connectivity index (χ0v) is 11.5. The Labute approximate surface area is 116 Å². The van der Waals surface area contributed by atoms with E-state index >= 15 is 0 Å². The number of carbonyl (C=O) groups excluding carboxylic acids is 1. The number of hydrogen-bond acceptors (Lipinski definition) is 3. The van der Waals surface area contributed by atoms with Gasteiger partial charge in [0.2, 0.25) is 5.91 Å². The smallest absolute Gasteiger partial charge is 0.222 e. The molecule has 1 amide bonds. The van der Waals surface area contributed by atoms with Crippen molar-refractivity contribution in [2.75, 3.05) is 18.9 Å². The Morgan fingerprint density at radius 1 is 1.58 bits per heavy atom. The second-order valence-electron chi connectivity index (χ2n) is 4.68. The number of nitrogens with one attached hydrogen (secondary N) is 1. The number of halogens is 1. The first-order valence-electron chi connectivity index (χ1n) is 6.08. The van der Waals surface area contributed by atoms with Gasteiger partial charge in [0.1, 0.15) is 10.8 Å². The molecule has 0 saturated carbocycles. The SMILES string of the molecule is CN1CC(Nc2cccc(F)c2C(N)=S)CCC1=O. The lowest BCUT2D eigenvalue weighted by Gasteiger charge is -2.31. The summed E-state index contributed by atoms with van der Waals surface area (Å²) < 4.78 is 13.7. The molecule has 0 aliphatic carbocycles. The van der Waals surface area contributed by atoms with Crippen LogP contribution in [0.3, 0.4) is 0 Å². The quantitative estimate of drug-likeness (QED) is 0.824. The molecule has 4 nitrogen and oxygen atoms in total. The lowest BCUT2D eigenvalue weighted by molar-refractivity contribution is -0.132. The largest absolute Gasteiger partial charge is 0.389 e. The van der Waals surface area contributed by atoms with Crippen LogP contribution >= 0.6 is 12.2 Å². The van der Waals surface area contributed by atoms with Crippen molar-refractivity contribution < 1.29 is 9.18 Å². The molecule has 102 valence electrons. The van der Waals surface area contributed by atoms with Crippen LogP contribution in [-0.4, -0.2) is 35.4 Å². The Hall–Kier alpha value is -1.69. The fourth-order valence-corrected chi connectivity index (χ4v) is 2.45. The zero-order valence-electron chi connectivity index (χ0n) is 10.6. The fourth-order valence-electron chi connectivity index (χ4n) is 2.24. The van der Waals surface area contributed by atoms with Crippen LogP contribution in [0.25, 0.3) is 0 Å². The second kappa shape index (κ2) is 5.52. The average Bonchev–Trinajstić information content (AvgIpc) is 2.33. The van der Waals surface area contributed by atoms with Gasteiger partial charge >= 0.3 is 0 Å². The Balaban J connectivity index is 2.18. The predicted octanol–water partition coefficient (Wildman–Crippen LogP) is 1.49. The van der Waals surface area contributed by atoms with Crippen LogP contribution < -0.4 is 11.1 Å². The molecular formula is C13H16FN3OS. The molecule has 1 aromatic rings. The van der Waals surface area contributed by atoms with Crippen LogP contribution in [0.4, 0.5) is 10.1 Å². The van der Waals surface area contributed by atoms with Gasteiger partial charge in [0.25, 0.3) is 0 Å². The zero-order chi connectivity index (χ0) is 14.0. The summed E-state index contributed by atoms with van der Waals surface area (Å²) in [4.78, 5) is 13.1. The summed E-state index contributed by atoms with van der Waals surface area (Å²) in [6.07, 6.45) is 1.21. The van der Waals surface area contributed by atoms with Crippen molar-refractivity contribution in [1.82, 2.24) is 4.90 Å². The molecule has 0 radical (unpaired) electrons. The summed E-state index contributed by atoms with van der Waals surface area (Å²) >= 11 is 4.88. The molecule has 1 aliphatic rings. The molecule has 0 aromatic heterocycles. The van der Waals surface area contributed by atoms with Gasteiger partial charge in [-0.1, -0.05) is 18.3 Å². The number of hydrogen-bond donors (Lipinski definition) is 2. The monoisotopic (exact) mass is 281 g/mol. The van der Waals surface area contributed by atoms with Gasteiger partial charge in [0.15, 0.2) is 0 Å². The van der Waals surface area contributed by atoms with E-state index in [4.69, 9.17) is 18.0 Å². The Kier molecular flexibility index (Phi) is 3.99. The summed E-state index contributed by atoms with van der Waals surface area (Å²) in [6, 6.07) is 4.76. The maximum atomic E-state index is 13.7. The number of amides is 1. The van der Waals surface area contributed by atoms with Crippen molar-refractivity contribution in [3.63, 3.8) is 0 Å². The lowest BCUT2D eigenvalue weighted by atomic mass is 10.0. The van der Waals surface area contributed by atoms with Gasteiger partial charge in [0, 0.05) is 31.7 Å². The van der Waals surface area contributed by atoms with Crippen molar-refractivity contribution in [1.29, 1.82) is 0 Å². The molecule has 1 fully saturated rings. The fraction of sp³-hybridized carbons (Fsp3) is 0.385. The molecule has 3 N–H and O–H groups in total. The van der Waals surface area contributed by atoms with E-state index in [0.29, 0.717) is 18.7 Å². The van der Waals surface area contributed by atoms with Crippen LogP contribution in [0.15, 0.2) is 18.2 Å². The normalized spacial score (nSPS) is 19.4. The number of benzene rings is 1. The van der Waals surface area contributed by atoms with Crippen molar-refractivity contribution in [2.24, 2.45) is 5.73 Å². The molecular weight excluding hydrogens is 265 g/mol. The molecule has 0 spiro atoms. The van der Waals surface area contributed by atoms with Crippen LogP contribution in [0.1, 0.15) is 18.4 Å². The number of thiocarbonyl (C=S) groups is 1. The third-order valence-electron chi connectivity index (χ3n) is 3.25. The maximum Gasteiger partial charge on any atom is 0.222 e. The van der Waals surface area contributed by atoms with Crippen molar-refractivity contribution >= 4 is 28.8 Å². The molecule has 1 heterocycles. The highest BCUT2D eigenvalue weighted by atomic mass is 32.1. The number of likely N-dealkylation sites (N-methyl/N-ethyl adjacent to an activating group) is 1. The molecule has 19 heavy (non-hydrogen) atoms. The summed E-state index contributed by atoms with van der Waals surface area (Å²) in [5, 5.41) is 3.22. The van der Waals surface area contributed by atoms with Crippen molar-refractivity contribution in [2.45, 2.75) is 18.9 Å². The van der Waals surface area contributed by atoms with E-state index in [9.17, 15) is 9.18 Å². The molecule has 1 atom stereocenters. The molecule has 0 bridgehead atoms. The summed E-state index contributed by atoms with van der Waals surface area (Å²) in [5.74, 6) is -0.301. The van der Waals surface area contributed by atoms with Crippen molar-refractivity contribution in [3.8, 4) is 0 Å². The molecule has 6 heteroatoms. The molecule has 1 saturated heterocycles. The summed E-state index contributed by atoms with van der Waals surface area (Å²) in [6.45, 7) is 0.589. The summed E-state index contributed by atoms with van der Waals surface area (Å²) in [5.41, 5.74) is 6.37. The third-order valence-corrected chi connectivity index (χ3v) is 3.45. The van der Waals surface area contributed by atoms with Crippen LogP contribution in [0.5, 0.6) is 0 Å². The van der Waals surface area contributed by atoms with Crippen LogP contribution in [-0.2, 0) is 4.79 Å². The maximum absolute atomic E-state index is 13.7. The van der Waals surface area contributed by atoms with E-state index in [1.807, 2.05) is 0 Å². The topological polar surface area (TPSA) is 58.4 Å². The lowest BCUT2D eigenvalue weighted by Crippen LogP contribution is -2.43. The Morgan fingerprint density at radius 2 is 2.32 bits per heavy atom. The number of nitrogens with zero attached hydrogens (tertiary/aromatic N) is 1. The number of carbonyl (C=O) groups is 1. The van der Waals surface area contributed by atoms with Gasteiger partial charge in [-0.25, -0.2) is 4.39 Å². The number of likely N-dealkylation sites (tertiary alicyclic amines) is 1. The predicted molar refractivity (Wildman–Crippen MR) is 76.6 cm³/mol. The highest BCUT2D eigenvalue weighted by Gasteiger charge is 2.23. The second-order valence-corrected chi connectivity index (χ2v) is 5.12. The van der Waals surface area contributed by atoms with Gasteiger partial charge in [-0.05, 0) is 18.6 Å². The van der Waals surface area contributed by atoms with E-state index in [0.717, 1.165) is 6.42 Å². The van der Waals surface area contributed by atoms with Gasteiger partial charge in [0.05, 0.1) is 5.56 Å². The minimum Gasteiger partial charge on any atom is -0.389 e. The van der Waals surface area contributed by atoms with E-state index in [1.165, 1.54) is 6.07 Å². The molecule has 1 aromatic carbocycles. The van der Waals surface area contributed by atoms with E-state index < -0.39 is 5.82 Å². The van der Waals surface area contributed by atoms with Crippen LogP contribution in [0.2, 0.25) is 0 Å². The van der Waals surface area contributed by atoms with Gasteiger partial charge < -0.3 is 16.0 Å². The first-order valence-corrected chi connectivity index (χ1v) is 6.48. The average molecular weight is 281 g/mol. The van der Waals surface area contributed by atoms with Crippen LogP contribution in [0, 0.1) is 5.82 Å². The van der Waals surface area contributed by atoms with E-state index in [-0.39, 0.29) is 22.5 Å².